The van der Waals surface area contributed by atoms with Crippen molar-refractivity contribution < 1.29 is 9.53 Å². The fraction of sp³-hybridized carbons (Fsp3) is 0.0952. The van der Waals surface area contributed by atoms with Gasteiger partial charge in [0.25, 0.3) is 5.91 Å². The number of halogens is 1. The maximum atomic E-state index is 13.4. The van der Waals surface area contributed by atoms with Gasteiger partial charge in [0.15, 0.2) is 5.13 Å². The Labute approximate surface area is 180 Å². The van der Waals surface area contributed by atoms with Crippen LogP contribution in [-0.4, -0.2) is 23.0 Å². The van der Waals surface area contributed by atoms with Crippen molar-refractivity contribution in [2.24, 2.45) is 0 Å². The van der Waals surface area contributed by atoms with Crippen LogP contribution in [0.15, 0.2) is 67.0 Å². The average Bonchev–Trinajstić information content (AvgIpc) is 3.15. The minimum Gasteiger partial charge on any atom is -0.497 e. The normalized spacial score (nSPS) is 10.8. The van der Waals surface area contributed by atoms with E-state index < -0.39 is 0 Å². The summed E-state index contributed by atoms with van der Waals surface area (Å²) in [5.74, 6) is 0.659. The van der Waals surface area contributed by atoms with Crippen molar-refractivity contribution >= 4 is 55.2 Å². The third-order valence-electron chi connectivity index (χ3n) is 4.23. The lowest BCUT2D eigenvalue weighted by Gasteiger charge is -2.20. The third-order valence-corrected chi connectivity index (χ3v) is 6.23. The minimum atomic E-state index is -0.0834. The minimum absolute atomic E-state index is 0.0834. The molecule has 7 heteroatoms. The Kier molecular flexibility index (Phi) is 5.54. The summed E-state index contributed by atoms with van der Waals surface area (Å²) in [7, 11) is 1.63. The van der Waals surface area contributed by atoms with Gasteiger partial charge in [0, 0.05) is 22.0 Å². The Morgan fingerprint density at radius 2 is 2.04 bits per heavy atom. The standard InChI is InChI=1S/C21H16IN3O2S/c1-27-15-8-9-19-18(11-15)24-21(28-19)25(13-14-5-4-10-23-12-14)20(26)16-6-2-3-7-17(16)22/h2-12H,13H2,1H3. The molecule has 0 aliphatic rings. The number of methoxy groups -OCH3 is 1. The van der Waals surface area contributed by atoms with Crippen molar-refractivity contribution in [2.75, 3.05) is 12.0 Å². The molecule has 0 saturated heterocycles. The number of amides is 1. The lowest BCUT2D eigenvalue weighted by molar-refractivity contribution is 0.0984. The zero-order valence-corrected chi connectivity index (χ0v) is 18.0. The predicted octanol–water partition coefficient (Wildman–Crippen LogP) is 5.15. The molecule has 0 spiro atoms. The van der Waals surface area contributed by atoms with Crippen molar-refractivity contribution in [3.63, 3.8) is 0 Å². The first-order valence-corrected chi connectivity index (χ1v) is 10.4. The van der Waals surface area contributed by atoms with Gasteiger partial charge in [0.05, 0.1) is 29.4 Å². The topological polar surface area (TPSA) is 55.3 Å². The van der Waals surface area contributed by atoms with Crippen LogP contribution in [0.4, 0.5) is 5.13 Å². The molecule has 2 heterocycles. The Balaban J connectivity index is 1.78. The molecule has 28 heavy (non-hydrogen) atoms. The number of ether oxygens (including phenoxy) is 1. The van der Waals surface area contributed by atoms with E-state index in [0.717, 1.165) is 25.1 Å². The van der Waals surface area contributed by atoms with E-state index in [-0.39, 0.29) is 5.91 Å². The molecule has 0 unspecified atom stereocenters. The molecular formula is C21H16IN3O2S. The quantitative estimate of drug-likeness (QED) is 0.355. The fourth-order valence-corrected chi connectivity index (χ4v) is 4.38. The van der Waals surface area contributed by atoms with E-state index in [4.69, 9.17) is 9.72 Å². The number of hydrogen-bond acceptors (Lipinski definition) is 5. The van der Waals surface area contributed by atoms with Crippen molar-refractivity contribution in [3.8, 4) is 5.75 Å². The number of hydrogen-bond donors (Lipinski definition) is 0. The molecule has 0 radical (unpaired) electrons. The number of benzene rings is 2. The van der Waals surface area contributed by atoms with Gasteiger partial charge in [-0.25, -0.2) is 4.98 Å². The van der Waals surface area contributed by atoms with Crippen LogP contribution in [0.5, 0.6) is 5.75 Å². The summed E-state index contributed by atoms with van der Waals surface area (Å²) < 4.78 is 7.20. The molecule has 0 saturated carbocycles. The summed E-state index contributed by atoms with van der Waals surface area (Å²) in [4.78, 5) is 24.0. The molecule has 0 fully saturated rings. The van der Waals surface area contributed by atoms with Crippen LogP contribution in [0.1, 0.15) is 15.9 Å². The van der Waals surface area contributed by atoms with Crippen molar-refractivity contribution in [3.05, 3.63) is 81.7 Å². The highest BCUT2D eigenvalue weighted by atomic mass is 127. The number of nitrogens with zero attached hydrogens (tertiary/aromatic N) is 3. The molecule has 5 nitrogen and oxygen atoms in total. The molecule has 1 amide bonds. The van der Waals surface area contributed by atoms with E-state index in [1.165, 1.54) is 11.3 Å². The van der Waals surface area contributed by atoms with E-state index in [1.54, 1.807) is 24.4 Å². The van der Waals surface area contributed by atoms with Gasteiger partial charge in [-0.15, -0.1) is 0 Å². The SMILES string of the molecule is COc1ccc2sc(N(Cc3cccnc3)C(=O)c3ccccc3I)nc2c1. The first kappa shape index (κ1) is 18.8. The number of pyridine rings is 1. The van der Waals surface area contributed by atoms with Crippen LogP contribution in [0.2, 0.25) is 0 Å². The van der Waals surface area contributed by atoms with Crippen molar-refractivity contribution in [2.45, 2.75) is 6.54 Å². The monoisotopic (exact) mass is 501 g/mol. The zero-order valence-electron chi connectivity index (χ0n) is 15.0. The summed E-state index contributed by atoms with van der Waals surface area (Å²) in [6.45, 7) is 0.397. The van der Waals surface area contributed by atoms with Gasteiger partial charge < -0.3 is 4.74 Å². The highest BCUT2D eigenvalue weighted by Crippen LogP contribution is 2.33. The van der Waals surface area contributed by atoms with Crippen molar-refractivity contribution in [1.82, 2.24) is 9.97 Å². The Morgan fingerprint density at radius 3 is 2.79 bits per heavy atom. The fourth-order valence-electron chi connectivity index (χ4n) is 2.82. The number of fused-ring (bicyclic) bond motifs is 1. The highest BCUT2D eigenvalue weighted by molar-refractivity contribution is 14.1. The summed E-state index contributed by atoms with van der Waals surface area (Å²) in [5, 5.41) is 0.650. The number of carbonyl (C=O) groups excluding carboxylic acids is 1. The number of thiazole rings is 1. The first-order chi connectivity index (χ1) is 13.7. The van der Waals surface area contributed by atoms with Gasteiger partial charge in [-0.2, -0.15) is 0 Å². The molecule has 0 bridgehead atoms. The summed E-state index contributed by atoms with van der Waals surface area (Å²) in [6, 6.07) is 17.2. The molecule has 0 N–H and O–H groups in total. The number of aromatic nitrogens is 2. The first-order valence-electron chi connectivity index (χ1n) is 8.55. The molecule has 0 atom stereocenters. The molecule has 2 aromatic carbocycles. The van der Waals surface area contributed by atoms with Gasteiger partial charge in [0.2, 0.25) is 0 Å². The molecule has 4 aromatic rings. The second kappa shape index (κ2) is 8.24. The summed E-state index contributed by atoms with van der Waals surface area (Å²) >= 11 is 3.68. The second-order valence-electron chi connectivity index (χ2n) is 6.06. The molecule has 2 aromatic heterocycles. The third kappa shape index (κ3) is 3.85. The molecule has 0 aliphatic heterocycles. The van der Waals surface area contributed by atoms with Gasteiger partial charge in [-0.05, 0) is 58.5 Å². The van der Waals surface area contributed by atoms with Crippen LogP contribution in [0.25, 0.3) is 10.2 Å². The Morgan fingerprint density at radius 1 is 1.18 bits per heavy atom. The molecular weight excluding hydrogens is 485 g/mol. The van der Waals surface area contributed by atoms with Crippen LogP contribution in [0, 0.1) is 3.57 Å². The van der Waals surface area contributed by atoms with Gasteiger partial charge in [-0.3, -0.25) is 14.7 Å². The highest BCUT2D eigenvalue weighted by Gasteiger charge is 2.23. The van der Waals surface area contributed by atoms with Crippen LogP contribution in [-0.2, 0) is 6.54 Å². The number of rotatable bonds is 5. The van der Waals surface area contributed by atoms with Gasteiger partial charge in [0.1, 0.15) is 5.75 Å². The molecule has 0 aliphatic carbocycles. The van der Waals surface area contributed by atoms with Crippen LogP contribution < -0.4 is 9.64 Å². The summed E-state index contributed by atoms with van der Waals surface area (Å²) in [6.07, 6.45) is 3.49. The Hall–Kier alpha value is -2.52. The van der Waals surface area contributed by atoms with E-state index in [0.29, 0.717) is 17.2 Å². The predicted molar refractivity (Wildman–Crippen MR) is 120 cm³/mol. The van der Waals surface area contributed by atoms with Crippen molar-refractivity contribution in [1.29, 1.82) is 0 Å². The lowest BCUT2D eigenvalue weighted by atomic mass is 10.2. The van der Waals surface area contributed by atoms with Crippen LogP contribution in [0.3, 0.4) is 0 Å². The Bertz CT molecular complexity index is 1130. The van der Waals surface area contributed by atoms with Crippen LogP contribution >= 0.6 is 33.9 Å². The summed E-state index contributed by atoms with van der Waals surface area (Å²) in [5.41, 5.74) is 2.41. The molecule has 4 rings (SSSR count). The van der Waals surface area contributed by atoms with E-state index in [2.05, 4.69) is 27.6 Å². The van der Waals surface area contributed by atoms with Gasteiger partial charge >= 0.3 is 0 Å². The average molecular weight is 501 g/mol. The lowest BCUT2D eigenvalue weighted by Crippen LogP contribution is -2.31. The van der Waals surface area contributed by atoms with E-state index in [1.807, 2.05) is 54.6 Å². The second-order valence-corrected chi connectivity index (χ2v) is 8.23. The van der Waals surface area contributed by atoms with E-state index in [9.17, 15) is 4.79 Å². The zero-order chi connectivity index (χ0) is 19.5. The number of carbonyl (C=O) groups is 1. The number of anilines is 1. The van der Waals surface area contributed by atoms with E-state index >= 15 is 0 Å². The smallest absolute Gasteiger partial charge is 0.261 e. The molecule has 140 valence electrons. The maximum Gasteiger partial charge on any atom is 0.261 e. The largest absolute Gasteiger partial charge is 0.497 e. The van der Waals surface area contributed by atoms with Gasteiger partial charge in [-0.1, -0.05) is 29.5 Å². The maximum absolute atomic E-state index is 13.4.